The van der Waals surface area contributed by atoms with E-state index in [0.717, 1.165) is 64.7 Å². The molecular formula is C26H33N3O3. The molecule has 0 N–H and O–H groups in total. The minimum Gasteiger partial charge on any atom is -0.481 e. The third-order valence-electron chi connectivity index (χ3n) is 6.73. The van der Waals surface area contributed by atoms with Crippen molar-refractivity contribution in [3.63, 3.8) is 0 Å². The van der Waals surface area contributed by atoms with Crippen LogP contribution in [-0.2, 0) is 17.6 Å². The summed E-state index contributed by atoms with van der Waals surface area (Å²) >= 11 is 0. The highest BCUT2D eigenvalue weighted by atomic mass is 16.5. The molecule has 0 radical (unpaired) electrons. The zero-order valence-electron chi connectivity index (χ0n) is 19.0. The molecule has 4 rings (SSSR count). The van der Waals surface area contributed by atoms with Crippen LogP contribution in [0.2, 0.25) is 0 Å². The predicted molar refractivity (Wildman–Crippen MR) is 124 cm³/mol. The summed E-state index contributed by atoms with van der Waals surface area (Å²) in [4.78, 5) is 33.0. The zero-order valence-corrected chi connectivity index (χ0v) is 19.0. The van der Waals surface area contributed by atoms with Crippen LogP contribution >= 0.6 is 0 Å². The summed E-state index contributed by atoms with van der Waals surface area (Å²) in [5, 5.41) is 0. The summed E-state index contributed by atoms with van der Waals surface area (Å²) in [6, 6.07) is 12.3. The van der Waals surface area contributed by atoms with Gasteiger partial charge in [-0.2, -0.15) is 0 Å². The van der Waals surface area contributed by atoms with Gasteiger partial charge >= 0.3 is 0 Å². The summed E-state index contributed by atoms with van der Waals surface area (Å²) in [5.74, 6) is 1.45. The summed E-state index contributed by atoms with van der Waals surface area (Å²) in [5.41, 5.74) is 3.18. The number of benzene rings is 1. The lowest BCUT2D eigenvalue weighted by atomic mass is 9.89. The van der Waals surface area contributed by atoms with Crippen LogP contribution in [0, 0.1) is 5.92 Å². The fraction of sp³-hybridized carbons (Fsp3) is 0.500. The molecule has 6 nitrogen and oxygen atoms in total. The van der Waals surface area contributed by atoms with Crippen molar-refractivity contribution in [1.29, 1.82) is 0 Å². The first kappa shape index (κ1) is 22.3. The third-order valence-corrected chi connectivity index (χ3v) is 6.73. The highest BCUT2D eigenvalue weighted by Gasteiger charge is 2.24. The maximum Gasteiger partial charge on any atom is 0.255 e. The molecule has 0 atom stereocenters. The molecule has 2 saturated heterocycles. The van der Waals surface area contributed by atoms with Gasteiger partial charge in [-0.05, 0) is 61.6 Å². The standard InChI is InChI=1S/C26H33N3O3/c1-32-24-10-9-23(19-27-24)26(31)29-16-12-22(13-17-29)18-21-6-4-20(5-7-21)8-11-25(30)28-14-2-3-15-28/h4-7,9-10,19,22H,2-3,8,11-18H2,1H3. The van der Waals surface area contributed by atoms with Crippen LogP contribution in [-0.4, -0.2) is 59.9 Å². The number of amides is 2. The molecule has 2 amide bonds. The van der Waals surface area contributed by atoms with Crippen LogP contribution < -0.4 is 4.74 Å². The fourth-order valence-electron chi connectivity index (χ4n) is 4.70. The van der Waals surface area contributed by atoms with E-state index in [-0.39, 0.29) is 5.91 Å². The van der Waals surface area contributed by atoms with E-state index in [0.29, 0.717) is 29.7 Å². The van der Waals surface area contributed by atoms with E-state index in [2.05, 4.69) is 29.2 Å². The largest absolute Gasteiger partial charge is 0.481 e. The monoisotopic (exact) mass is 435 g/mol. The average molecular weight is 436 g/mol. The number of aromatic nitrogens is 1. The number of pyridine rings is 1. The lowest BCUT2D eigenvalue weighted by molar-refractivity contribution is -0.130. The third kappa shape index (κ3) is 5.67. The van der Waals surface area contributed by atoms with Gasteiger partial charge < -0.3 is 14.5 Å². The van der Waals surface area contributed by atoms with E-state index in [4.69, 9.17) is 4.74 Å². The van der Waals surface area contributed by atoms with Gasteiger partial charge in [-0.1, -0.05) is 24.3 Å². The molecule has 3 heterocycles. The summed E-state index contributed by atoms with van der Waals surface area (Å²) in [6.45, 7) is 3.43. The van der Waals surface area contributed by atoms with Crippen molar-refractivity contribution < 1.29 is 14.3 Å². The number of aryl methyl sites for hydroxylation is 1. The molecule has 2 aliphatic rings. The lowest BCUT2D eigenvalue weighted by Gasteiger charge is -2.32. The van der Waals surface area contributed by atoms with Gasteiger partial charge in [-0.15, -0.1) is 0 Å². The van der Waals surface area contributed by atoms with Gasteiger partial charge in [0.2, 0.25) is 11.8 Å². The number of rotatable bonds is 7. The SMILES string of the molecule is COc1ccc(C(=O)N2CCC(Cc3ccc(CCC(=O)N4CCCC4)cc3)CC2)cn1. The number of piperidine rings is 1. The van der Waals surface area contributed by atoms with E-state index in [1.165, 1.54) is 11.1 Å². The molecule has 2 aromatic rings. The first-order valence-electron chi connectivity index (χ1n) is 11.8. The minimum atomic E-state index is 0.0476. The predicted octanol–water partition coefficient (Wildman–Crippen LogP) is 3.74. The number of likely N-dealkylation sites (tertiary alicyclic amines) is 2. The fourth-order valence-corrected chi connectivity index (χ4v) is 4.70. The molecule has 32 heavy (non-hydrogen) atoms. The Morgan fingerprint density at radius 1 is 0.938 bits per heavy atom. The van der Waals surface area contributed by atoms with E-state index < -0.39 is 0 Å². The van der Waals surface area contributed by atoms with Gasteiger partial charge in [-0.25, -0.2) is 4.98 Å². The van der Waals surface area contributed by atoms with Crippen LogP contribution in [0.3, 0.4) is 0 Å². The van der Waals surface area contributed by atoms with E-state index in [1.807, 2.05) is 9.80 Å². The number of carbonyl (C=O) groups is 2. The van der Waals surface area contributed by atoms with Gasteiger partial charge in [0.15, 0.2) is 0 Å². The Hall–Kier alpha value is -2.89. The van der Waals surface area contributed by atoms with Crippen molar-refractivity contribution in [3.8, 4) is 5.88 Å². The van der Waals surface area contributed by atoms with Gasteiger partial charge in [0.1, 0.15) is 0 Å². The Bertz CT molecular complexity index is 897. The lowest BCUT2D eigenvalue weighted by Crippen LogP contribution is -2.38. The molecule has 6 heteroatoms. The van der Waals surface area contributed by atoms with Gasteiger partial charge in [0, 0.05) is 44.9 Å². The molecule has 0 bridgehead atoms. The van der Waals surface area contributed by atoms with Gasteiger partial charge in [0.05, 0.1) is 12.7 Å². The molecule has 170 valence electrons. The van der Waals surface area contributed by atoms with Crippen molar-refractivity contribution >= 4 is 11.8 Å². The Morgan fingerprint density at radius 2 is 1.62 bits per heavy atom. The topological polar surface area (TPSA) is 62.7 Å². The van der Waals surface area contributed by atoms with Crippen LogP contribution in [0.4, 0.5) is 0 Å². The quantitative estimate of drug-likeness (QED) is 0.665. The van der Waals surface area contributed by atoms with Crippen molar-refractivity contribution in [1.82, 2.24) is 14.8 Å². The molecule has 0 spiro atoms. The highest BCUT2D eigenvalue weighted by molar-refractivity contribution is 5.94. The maximum absolute atomic E-state index is 12.7. The zero-order chi connectivity index (χ0) is 22.3. The van der Waals surface area contributed by atoms with E-state index >= 15 is 0 Å². The number of nitrogens with zero attached hydrogens (tertiary/aromatic N) is 3. The normalized spacial score (nSPS) is 16.9. The van der Waals surface area contributed by atoms with Crippen molar-refractivity contribution in [2.75, 3.05) is 33.3 Å². The number of ether oxygens (including phenoxy) is 1. The smallest absolute Gasteiger partial charge is 0.255 e. The summed E-state index contributed by atoms with van der Waals surface area (Å²) in [7, 11) is 1.57. The summed E-state index contributed by atoms with van der Waals surface area (Å²) < 4.78 is 5.06. The van der Waals surface area contributed by atoms with Crippen LogP contribution in [0.15, 0.2) is 42.6 Å². The Labute approximate surface area is 190 Å². The van der Waals surface area contributed by atoms with E-state index in [1.54, 1.807) is 25.4 Å². The number of hydrogen-bond donors (Lipinski definition) is 0. The molecule has 2 aliphatic heterocycles. The van der Waals surface area contributed by atoms with Gasteiger partial charge in [-0.3, -0.25) is 9.59 Å². The Balaban J connectivity index is 1.21. The summed E-state index contributed by atoms with van der Waals surface area (Å²) in [6.07, 6.45) is 8.37. The number of methoxy groups -OCH3 is 1. The first-order valence-corrected chi connectivity index (χ1v) is 11.8. The maximum atomic E-state index is 12.7. The van der Waals surface area contributed by atoms with Crippen molar-refractivity contribution in [2.45, 2.75) is 44.9 Å². The van der Waals surface area contributed by atoms with Gasteiger partial charge in [0.25, 0.3) is 5.91 Å². The van der Waals surface area contributed by atoms with Crippen LogP contribution in [0.25, 0.3) is 0 Å². The molecule has 0 unspecified atom stereocenters. The first-order chi connectivity index (χ1) is 15.6. The Morgan fingerprint density at radius 3 is 2.25 bits per heavy atom. The highest BCUT2D eigenvalue weighted by Crippen LogP contribution is 2.23. The van der Waals surface area contributed by atoms with Crippen LogP contribution in [0.1, 0.15) is 53.6 Å². The molecule has 0 saturated carbocycles. The van der Waals surface area contributed by atoms with Crippen molar-refractivity contribution in [2.24, 2.45) is 5.92 Å². The van der Waals surface area contributed by atoms with E-state index in [9.17, 15) is 9.59 Å². The molecule has 1 aromatic heterocycles. The molecule has 2 fully saturated rings. The Kier molecular flexibility index (Phi) is 7.40. The molecular weight excluding hydrogens is 402 g/mol. The molecule has 1 aromatic carbocycles. The second-order valence-electron chi connectivity index (χ2n) is 8.93. The van der Waals surface area contributed by atoms with Crippen LogP contribution in [0.5, 0.6) is 5.88 Å². The number of hydrogen-bond acceptors (Lipinski definition) is 4. The molecule has 0 aliphatic carbocycles. The minimum absolute atomic E-state index is 0.0476. The second-order valence-corrected chi connectivity index (χ2v) is 8.93. The second kappa shape index (κ2) is 10.6. The average Bonchev–Trinajstić information content (AvgIpc) is 3.39. The number of carbonyl (C=O) groups excluding carboxylic acids is 2. The van der Waals surface area contributed by atoms with Crippen molar-refractivity contribution in [3.05, 3.63) is 59.3 Å².